The summed E-state index contributed by atoms with van der Waals surface area (Å²) >= 11 is 0. The van der Waals surface area contributed by atoms with Crippen molar-refractivity contribution in [1.29, 1.82) is 0 Å². The average Bonchev–Trinajstić information content (AvgIpc) is 2.79. The molecule has 1 aromatic heterocycles. The highest BCUT2D eigenvalue weighted by Crippen LogP contribution is 2.20. The summed E-state index contributed by atoms with van der Waals surface area (Å²) < 4.78 is 14.6. The van der Waals surface area contributed by atoms with Gasteiger partial charge in [-0.3, -0.25) is 9.48 Å². The smallest absolute Gasteiger partial charge is 0.246 e. The van der Waals surface area contributed by atoms with Gasteiger partial charge >= 0.3 is 0 Å². The number of nitrogens with zero attached hydrogens (tertiary/aromatic N) is 2. The molecule has 0 spiro atoms. The highest BCUT2D eigenvalue weighted by atomic mass is 19.1. The van der Waals surface area contributed by atoms with Gasteiger partial charge in [-0.15, -0.1) is 0 Å². The number of rotatable bonds is 3. The van der Waals surface area contributed by atoms with E-state index in [1.165, 1.54) is 16.9 Å². The Labute approximate surface area is 108 Å². The SMILES string of the molecule is Cn1cc(C(N)C(=O)Nc2ccc(O)c(F)c2)cn1. The molecule has 0 bridgehead atoms. The van der Waals surface area contributed by atoms with Gasteiger partial charge in [-0.2, -0.15) is 5.10 Å². The molecule has 0 aliphatic rings. The minimum absolute atomic E-state index is 0.222. The van der Waals surface area contributed by atoms with E-state index >= 15 is 0 Å². The monoisotopic (exact) mass is 264 g/mol. The molecule has 0 aliphatic heterocycles. The molecular weight excluding hydrogens is 251 g/mol. The zero-order valence-electron chi connectivity index (χ0n) is 10.2. The lowest BCUT2D eigenvalue weighted by Crippen LogP contribution is -2.27. The van der Waals surface area contributed by atoms with Crippen LogP contribution in [0.25, 0.3) is 0 Å². The van der Waals surface area contributed by atoms with Gasteiger partial charge in [0, 0.05) is 30.6 Å². The van der Waals surface area contributed by atoms with Gasteiger partial charge in [-0.05, 0) is 12.1 Å². The van der Waals surface area contributed by atoms with E-state index in [4.69, 9.17) is 10.8 Å². The molecule has 0 saturated heterocycles. The highest BCUT2D eigenvalue weighted by Gasteiger charge is 2.17. The van der Waals surface area contributed by atoms with Crippen LogP contribution in [0.4, 0.5) is 10.1 Å². The van der Waals surface area contributed by atoms with Crippen LogP contribution < -0.4 is 11.1 Å². The fourth-order valence-electron chi connectivity index (χ4n) is 1.56. The molecule has 4 N–H and O–H groups in total. The van der Waals surface area contributed by atoms with E-state index in [1.807, 2.05) is 0 Å². The van der Waals surface area contributed by atoms with Crippen LogP contribution in [0.15, 0.2) is 30.6 Å². The second-order valence-corrected chi connectivity index (χ2v) is 4.08. The molecule has 1 aromatic carbocycles. The summed E-state index contributed by atoms with van der Waals surface area (Å²) in [6.45, 7) is 0. The van der Waals surface area contributed by atoms with Crippen molar-refractivity contribution in [3.05, 3.63) is 42.0 Å². The number of halogens is 1. The summed E-state index contributed by atoms with van der Waals surface area (Å²) in [7, 11) is 1.71. The number of amides is 1. The van der Waals surface area contributed by atoms with Crippen molar-refractivity contribution < 1.29 is 14.3 Å². The largest absolute Gasteiger partial charge is 0.505 e. The number of aryl methyl sites for hydroxylation is 1. The van der Waals surface area contributed by atoms with Crippen LogP contribution in [0, 0.1) is 5.82 Å². The predicted molar refractivity (Wildman–Crippen MR) is 66.8 cm³/mol. The summed E-state index contributed by atoms with van der Waals surface area (Å²) in [6.07, 6.45) is 3.11. The van der Waals surface area contributed by atoms with Gasteiger partial charge in [0.2, 0.25) is 5.91 Å². The van der Waals surface area contributed by atoms with E-state index in [2.05, 4.69) is 10.4 Å². The lowest BCUT2D eigenvalue weighted by atomic mass is 10.1. The summed E-state index contributed by atoms with van der Waals surface area (Å²) in [6, 6.07) is 2.65. The molecule has 1 atom stereocenters. The van der Waals surface area contributed by atoms with Crippen molar-refractivity contribution >= 4 is 11.6 Å². The normalized spacial score (nSPS) is 12.2. The number of carbonyl (C=O) groups is 1. The van der Waals surface area contributed by atoms with Gasteiger partial charge in [-0.25, -0.2) is 4.39 Å². The van der Waals surface area contributed by atoms with Gasteiger partial charge in [0.05, 0.1) is 6.20 Å². The van der Waals surface area contributed by atoms with E-state index in [0.29, 0.717) is 5.56 Å². The Morgan fingerprint density at radius 3 is 2.89 bits per heavy atom. The van der Waals surface area contributed by atoms with Crippen LogP contribution >= 0.6 is 0 Å². The summed E-state index contributed by atoms with van der Waals surface area (Å²) in [4.78, 5) is 11.9. The van der Waals surface area contributed by atoms with Crippen LogP contribution in [-0.2, 0) is 11.8 Å². The second kappa shape index (κ2) is 5.07. The molecule has 19 heavy (non-hydrogen) atoms. The average molecular weight is 264 g/mol. The maximum atomic E-state index is 13.1. The molecule has 1 amide bonds. The van der Waals surface area contributed by atoms with Crippen LogP contribution in [0.2, 0.25) is 0 Å². The third-order valence-electron chi connectivity index (χ3n) is 2.58. The van der Waals surface area contributed by atoms with Gasteiger partial charge in [0.25, 0.3) is 0 Å². The van der Waals surface area contributed by atoms with Crippen LogP contribution in [0.3, 0.4) is 0 Å². The number of anilines is 1. The number of phenols is 1. The number of aromatic hydroxyl groups is 1. The molecule has 1 heterocycles. The maximum absolute atomic E-state index is 13.1. The summed E-state index contributed by atoms with van der Waals surface area (Å²) in [5, 5.41) is 15.4. The third-order valence-corrected chi connectivity index (χ3v) is 2.58. The minimum Gasteiger partial charge on any atom is -0.505 e. The Morgan fingerprint density at radius 1 is 1.58 bits per heavy atom. The van der Waals surface area contributed by atoms with E-state index in [1.54, 1.807) is 13.2 Å². The molecule has 0 saturated carbocycles. The molecule has 0 radical (unpaired) electrons. The molecule has 2 rings (SSSR count). The number of nitrogens with two attached hydrogens (primary N) is 1. The maximum Gasteiger partial charge on any atom is 0.246 e. The Kier molecular flexibility index (Phi) is 3.48. The molecule has 1 unspecified atom stereocenters. The van der Waals surface area contributed by atoms with Crippen molar-refractivity contribution in [2.45, 2.75) is 6.04 Å². The minimum atomic E-state index is -0.898. The van der Waals surface area contributed by atoms with E-state index < -0.39 is 23.5 Å². The van der Waals surface area contributed by atoms with Crippen LogP contribution in [0.1, 0.15) is 11.6 Å². The van der Waals surface area contributed by atoms with Crippen molar-refractivity contribution in [3.63, 3.8) is 0 Å². The first-order valence-electron chi connectivity index (χ1n) is 5.51. The molecule has 7 heteroatoms. The van der Waals surface area contributed by atoms with Crippen molar-refractivity contribution in [2.24, 2.45) is 12.8 Å². The van der Waals surface area contributed by atoms with E-state index in [-0.39, 0.29) is 5.69 Å². The van der Waals surface area contributed by atoms with Crippen molar-refractivity contribution in [3.8, 4) is 5.75 Å². The molecule has 2 aromatic rings. The summed E-state index contributed by atoms with van der Waals surface area (Å²) in [5.41, 5.74) is 6.54. The fraction of sp³-hybridized carbons (Fsp3) is 0.167. The number of hydrogen-bond acceptors (Lipinski definition) is 4. The fourth-order valence-corrected chi connectivity index (χ4v) is 1.56. The standard InChI is InChI=1S/C12H13FN4O2/c1-17-6-7(5-15-17)11(14)12(19)16-8-2-3-10(18)9(13)4-8/h2-6,11,18H,14H2,1H3,(H,16,19). The van der Waals surface area contributed by atoms with Crippen molar-refractivity contribution in [1.82, 2.24) is 9.78 Å². The first kappa shape index (κ1) is 13.0. The van der Waals surface area contributed by atoms with Crippen LogP contribution in [0.5, 0.6) is 5.75 Å². The Morgan fingerprint density at radius 2 is 2.32 bits per heavy atom. The highest BCUT2D eigenvalue weighted by molar-refractivity contribution is 5.95. The quantitative estimate of drug-likeness (QED) is 0.718. The molecule has 0 aliphatic carbocycles. The first-order valence-corrected chi connectivity index (χ1v) is 5.51. The molecule has 6 nitrogen and oxygen atoms in total. The zero-order valence-corrected chi connectivity index (χ0v) is 10.2. The Balaban J connectivity index is 2.10. The number of aromatic nitrogens is 2. The Hall–Kier alpha value is -2.41. The first-order chi connectivity index (χ1) is 8.97. The number of carbonyl (C=O) groups excluding carboxylic acids is 1. The lowest BCUT2D eigenvalue weighted by molar-refractivity contribution is -0.117. The molecule has 0 fully saturated rings. The van der Waals surface area contributed by atoms with Crippen molar-refractivity contribution in [2.75, 3.05) is 5.32 Å². The van der Waals surface area contributed by atoms with Gasteiger partial charge in [0.15, 0.2) is 11.6 Å². The predicted octanol–water partition coefficient (Wildman–Crippen LogP) is 0.903. The van der Waals surface area contributed by atoms with Crippen LogP contribution in [-0.4, -0.2) is 20.8 Å². The number of phenolic OH excluding ortho intramolecular Hbond substituents is 1. The zero-order chi connectivity index (χ0) is 14.0. The topological polar surface area (TPSA) is 93.2 Å². The molecule has 100 valence electrons. The van der Waals surface area contributed by atoms with Gasteiger partial charge < -0.3 is 16.2 Å². The van der Waals surface area contributed by atoms with E-state index in [9.17, 15) is 9.18 Å². The lowest BCUT2D eigenvalue weighted by Gasteiger charge is -2.10. The molecular formula is C12H13FN4O2. The number of benzene rings is 1. The van der Waals surface area contributed by atoms with Gasteiger partial charge in [0.1, 0.15) is 6.04 Å². The number of nitrogens with one attached hydrogen (secondary N) is 1. The second-order valence-electron chi connectivity index (χ2n) is 4.08. The van der Waals surface area contributed by atoms with E-state index in [0.717, 1.165) is 12.1 Å². The Bertz CT molecular complexity index is 612. The third kappa shape index (κ3) is 2.89. The summed E-state index contributed by atoms with van der Waals surface area (Å²) in [5.74, 6) is -1.78. The van der Waals surface area contributed by atoms with Gasteiger partial charge in [-0.1, -0.05) is 0 Å². The number of hydrogen-bond donors (Lipinski definition) is 3.